The number of thiazole rings is 1. The number of amides is 1. The summed E-state index contributed by atoms with van der Waals surface area (Å²) in [5, 5.41) is 5.75. The van der Waals surface area contributed by atoms with E-state index in [0.717, 1.165) is 16.3 Å². The Kier molecular flexibility index (Phi) is 10.9. The number of benzene rings is 1. The van der Waals surface area contributed by atoms with E-state index in [1.807, 2.05) is 49.6 Å². The maximum absolute atomic E-state index is 12.3. The summed E-state index contributed by atoms with van der Waals surface area (Å²) >= 11 is 1.53. The van der Waals surface area contributed by atoms with Gasteiger partial charge < -0.3 is 15.8 Å². The number of halogens is 2. The van der Waals surface area contributed by atoms with Crippen LogP contribution in [0.5, 0.6) is 0 Å². The standard InChI is InChI=1S/C17H23N3O2S.2ClH/c1-11(15(18)13-7-5-4-6-8-13)16(21)19-9-14-10-23-17(20-14)12(2)22-3;;/h4-8,10-12,15H,9,18H2,1-3H3,(H,19,21);2*1H. The molecule has 0 spiro atoms. The van der Waals surface area contributed by atoms with Crippen molar-refractivity contribution in [2.45, 2.75) is 32.5 Å². The average Bonchev–Trinajstić information content (AvgIpc) is 3.07. The predicted molar refractivity (Wildman–Crippen MR) is 106 cm³/mol. The molecule has 0 bridgehead atoms. The minimum Gasteiger partial charge on any atom is -0.375 e. The van der Waals surface area contributed by atoms with Gasteiger partial charge in [0, 0.05) is 18.5 Å². The molecule has 3 unspecified atom stereocenters. The summed E-state index contributed by atoms with van der Waals surface area (Å²) < 4.78 is 5.24. The van der Waals surface area contributed by atoms with Crippen molar-refractivity contribution < 1.29 is 9.53 Å². The van der Waals surface area contributed by atoms with E-state index in [1.54, 1.807) is 7.11 Å². The third kappa shape index (κ3) is 6.56. The predicted octanol–water partition coefficient (Wildman–Crippen LogP) is 3.65. The van der Waals surface area contributed by atoms with E-state index >= 15 is 0 Å². The molecule has 1 aromatic carbocycles. The summed E-state index contributed by atoms with van der Waals surface area (Å²) in [6.07, 6.45) is -0.0325. The summed E-state index contributed by atoms with van der Waals surface area (Å²) in [4.78, 5) is 16.8. The molecule has 140 valence electrons. The molecular formula is C17H25Cl2N3O2S. The number of hydrogen-bond donors (Lipinski definition) is 2. The van der Waals surface area contributed by atoms with Crippen LogP contribution in [0.2, 0.25) is 0 Å². The van der Waals surface area contributed by atoms with Crippen LogP contribution in [0.4, 0.5) is 0 Å². The Morgan fingerprint density at radius 2 is 1.92 bits per heavy atom. The summed E-state index contributed by atoms with van der Waals surface area (Å²) in [6.45, 7) is 4.19. The Hall–Kier alpha value is -1.18. The van der Waals surface area contributed by atoms with Crippen molar-refractivity contribution in [3.63, 3.8) is 0 Å². The highest BCUT2D eigenvalue weighted by Crippen LogP contribution is 2.21. The van der Waals surface area contributed by atoms with Gasteiger partial charge in [-0.25, -0.2) is 4.98 Å². The molecule has 1 heterocycles. The number of methoxy groups -OCH3 is 1. The molecule has 0 aliphatic heterocycles. The van der Waals surface area contributed by atoms with Gasteiger partial charge in [0.1, 0.15) is 11.1 Å². The fourth-order valence-electron chi connectivity index (χ4n) is 2.16. The van der Waals surface area contributed by atoms with Crippen LogP contribution in [0.15, 0.2) is 35.7 Å². The summed E-state index contributed by atoms with van der Waals surface area (Å²) in [7, 11) is 1.65. The second-order valence-corrected chi connectivity index (χ2v) is 6.39. The summed E-state index contributed by atoms with van der Waals surface area (Å²) in [5.74, 6) is -0.385. The summed E-state index contributed by atoms with van der Waals surface area (Å²) in [5.41, 5.74) is 7.97. The molecule has 0 saturated carbocycles. The smallest absolute Gasteiger partial charge is 0.225 e. The van der Waals surface area contributed by atoms with E-state index in [9.17, 15) is 4.79 Å². The third-order valence-corrected chi connectivity index (χ3v) is 4.91. The highest BCUT2D eigenvalue weighted by atomic mass is 35.5. The molecule has 2 rings (SSSR count). The Labute approximate surface area is 165 Å². The number of hydrogen-bond acceptors (Lipinski definition) is 5. The van der Waals surface area contributed by atoms with Crippen LogP contribution in [0.25, 0.3) is 0 Å². The normalized spacial score (nSPS) is 13.8. The van der Waals surface area contributed by atoms with Crippen molar-refractivity contribution in [1.82, 2.24) is 10.3 Å². The first kappa shape index (κ1) is 23.8. The largest absolute Gasteiger partial charge is 0.375 e. The molecular weight excluding hydrogens is 381 g/mol. The Bertz CT molecular complexity index is 640. The zero-order chi connectivity index (χ0) is 16.8. The maximum Gasteiger partial charge on any atom is 0.225 e. The first-order valence-corrected chi connectivity index (χ1v) is 8.46. The fraction of sp³-hybridized carbons (Fsp3) is 0.412. The van der Waals surface area contributed by atoms with Crippen LogP contribution >= 0.6 is 36.2 Å². The van der Waals surface area contributed by atoms with Crippen molar-refractivity contribution in [2.24, 2.45) is 11.7 Å². The number of rotatable bonds is 7. The van der Waals surface area contributed by atoms with Crippen LogP contribution in [-0.4, -0.2) is 18.0 Å². The molecule has 3 atom stereocenters. The molecule has 0 fully saturated rings. The van der Waals surface area contributed by atoms with Gasteiger partial charge in [0.15, 0.2) is 0 Å². The van der Waals surface area contributed by atoms with Crippen LogP contribution in [-0.2, 0) is 16.1 Å². The third-order valence-electron chi connectivity index (χ3n) is 3.85. The first-order chi connectivity index (χ1) is 11.0. The van der Waals surface area contributed by atoms with Crippen molar-refractivity contribution in [1.29, 1.82) is 0 Å². The van der Waals surface area contributed by atoms with E-state index in [1.165, 1.54) is 11.3 Å². The van der Waals surface area contributed by atoms with Gasteiger partial charge in [0.2, 0.25) is 5.91 Å². The van der Waals surface area contributed by atoms with Crippen molar-refractivity contribution in [3.05, 3.63) is 52.0 Å². The number of carbonyl (C=O) groups is 1. The highest BCUT2D eigenvalue weighted by molar-refractivity contribution is 7.09. The lowest BCUT2D eigenvalue weighted by molar-refractivity contribution is -0.125. The molecule has 5 nitrogen and oxygen atoms in total. The highest BCUT2D eigenvalue weighted by Gasteiger charge is 2.22. The fourth-order valence-corrected chi connectivity index (χ4v) is 3.01. The second kappa shape index (κ2) is 11.4. The second-order valence-electron chi connectivity index (χ2n) is 5.50. The number of carbonyl (C=O) groups excluding carboxylic acids is 1. The Morgan fingerprint density at radius 3 is 2.52 bits per heavy atom. The molecule has 3 N–H and O–H groups in total. The number of nitrogens with two attached hydrogens (primary N) is 1. The monoisotopic (exact) mass is 405 g/mol. The molecule has 0 radical (unpaired) electrons. The van der Waals surface area contributed by atoms with E-state index in [0.29, 0.717) is 6.54 Å². The minimum absolute atomic E-state index is 0. The molecule has 25 heavy (non-hydrogen) atoms. The van der Waals surface area contributed by atoms with Gasteiger partial charge >= 0.3 is 0 Å². The van der Waals surface area contributed by atoms with Crippen molar-refractivity contribution >= 4 is 42.1 Å². The van der Waals surface area contributed by atoms with E-state index in [-0.39, 0.29) is 48.8 Å². The SMILES string of the molecule is COC(C)c1nc(CNC(=O)C(C)C(N)c2ccccc2)cs1.Cl.Cl. The van der Waals surface area contributed by atoms with Crippen LogP contribution in [0.1, 0.15) is 42.3 Å². The Balaban J connectivity index is 0.00000288. The van der Waals surface area contributed by atoms with Crippen molar-refractivity contribution in [2.75, 3.05) is 7.11 Å². The molecule has 1 aromatic heterocycles. The van der Waals surface area contributed by atoms with Crippen LogP contribution in [0, 0.1) is 5.92 Å². The molecule has 1 amide bonds. The maximum atomic E-state index is 12.3. The van der Waals surface area contributed by atoms with Gasteiger partial charge in [-0.2, -0.15) is 0 Å². The van der Waals surface area contributed by atoms with Crippen LogP contribution < -0.4 is 11.1 Å². The first-order valence-electron chi connectivity index (χ1n) is 7.58. The number of aromatic nitrogens is 1. The molecule has 8 heteroatoms. The van der Waals surface area contributed by atoms with Gasteiger partial charge in [-0.1, -0.05) is 37.3 Å². The molecule has 0 aliphatic rings. The number of ether oxygens (including phenoxy) is 1. The number of nitrogens with zero attached hydrogens (tertiary/aromatic N) is 1. The lowest BCUT2D eigenvalue weighted by Gasteiger charge is -2.19. The summed E-state index contributed by atoms with van der Waals surface area (Å²) in [6, 6.07) is 9.33. The average molecular weight is 406 g/mol. The quantitative estimate of drug-likeness (QED) is 0.736. The van der Waals surface area contributed by atoms with Gasteiger partial charge in [0.25, 0.3) is 0 Å². The Morgan fingerprint density at radius 1 is 1.28 bits per heavy atom. The van der Waals surface area contributed by atoms with Gasteiger partial charge in [-0.3, -0.25) is 4.79 Å². The molecule has 2 aromatic rings. The van der Waals surface area contributed by atoms with Crippen molar-refractivity contribution in [3.8, 4) is 0 Å². The van der Waals surface area contributed by atoms with E-state index < -0.39 is 0 Å². The van der Waals surface area contributed by atoms with E-state index in [4.69, 9.17) is 10.5 Å². The van der Waals surface area contributed by atoms with Gasteiger partial charge in [0.05, 0.1) is 18.2 Å². The zero-order valence-corrected chi connectivity index (χ0v) is 16.9. The topological polar surface area (TPSA) is 77.2 Å². The lowest BCUT2D eigenvalue weighted by Crippen LogP contribution is -2.35. The zero-order valence-electron chi connectivity index (χ0n) is 14.5. The van der Waals surface area contributed by atoms with Gasteiger partial charge in [-0.05, 0) is 12.5 Å². The minimum atomic E-state index is -0.323. The lowest BCUT2D eigenvalue weighted by atomic mass is 9.95. The van der Waals surface area contributed by atoms with Gasteiger partial charge in [-0.15, -0.1) is 36.2 Å². The molecule has 0 saturated heterocycles. The molecule has 0 aliphatic carbocycles. The van der Waals surface area contributed by atoms with Crippen LogP contribution in [0.3, 0.4) is 0 Å². The van der Waals surface area contributed by atoms with E-state index in [2.05, 4.69) is 10.3 Å². The number of nitrogens with one attached hydrogen (secondary N) is 1.